The highest BCUT2D eigenvalue weighted by Gasteiger charge is 2.22. The van der Waals surface area contributed by atoms with Crippen molar-refractivity contribution in [1.29, 1.82) is 0 Å². The van der Waals surface area contributed by atoms with E-state index in [0.717, 1.165) is 4.88 Å². The van der Waals surface area contributed by atoms with Gasteiger partial charge >= 0.3 is 6.03 Å². The number of nitrogens with two attached hydrogens (primary N) is 1. The summed E-state index contributed by atoms with van der Waals surface area (Å²) in [5, 5.41) is 4.64. The highest BCUT2D eigenvalue weighted by molar-refractivity contribution is 7.10. The first-order valence-electron chi connectivity index (χ1n) is 3.92. The van der Waals surface area contributed by atoms with Gasteiger partial charge in [0.05, 0.1) is 5.92 Å². The summed E-state index contributed by atoms with van der Waals surface area (Å²) in [6.07, 6.45) is 0. The maximum Gasteiger partial charge on any atom is 0.342 e. The molecule has 0 fully saturated rings. The first-order valence-corrected chi connectivity index (χ1v) is 4.80. The van der Waals surface area contributed by atoms with Gasteiger partial charge in [0, 0.05) is 11.4 Å². The summed E-state index contributed by atoms with van der Waals surface area (Å²) in [6.45, 7) is 0.550. The van der Waals surface area contributed by atoms with E-state index >= 15 is 0 Å². The zero-order valence-corrected chi connectivity index (χ0v) is 7.67. The van der Waals surface area contributed by atoms with Gasteiger partial charge in [0.1, 0.15) is 5.84 Å². The molecule has 0 aromatic carbocycles. The fourth-order valence-electron chi connectivity index (χ4n) is 1.26. The highest BCUT2D eigenvalue weighted by atomic mass is 32.1. The van der Waals surface area contributed by atoms with Crippen molar-refractivity contribution in [3.8, 4) is 0 Å². The first-order chi connectivity index (χ1) is 6.27. The molecule has 0 radical (unpaired) electrons. The molecular weight excluding hydrogens is 186 g/mol. The van der Waals surface area contributed by atoms with Gasteiger partial charge in [0.2, 0.25) is 0 Å². The second-order valence-electron chi connectivity index (χ2n) is 2.79. The van der Waals surface area contributed by atoms with E-state index in [1.807, 2.05) is 17.5 Å². The molecular formula is C8H9N3OS. The van der Waals surface area contributed by atoms with Crippen LogP contribution in [-0.2, 0) is 0 Å². The number of carbonyl (C=O) groups excluding carboxylic acids is 1. The summed E-state index contributed by atoms with van der Waals surface area (Å²) in [4.78, 5) is 15.6. The maximum absolute atomic E-state index is 10.8. The maximum atomic E-state index is 10.8. The Morgan fingerprint density at radius 3 is 3.15 bits per heavy atom. The van der Waals surface area contributed by atoms with E-state index < -0.39 is 0 Å². The molecule has 0 saturated carbocycles. The van der Waals surface area contributed by atoms with E-state index in [0.29, 0.717) is 12.4 Å². The van der Waals surface area contributed by atoms with Crippen LogP contribution in [0.4, 0.5) is 4.79 Å². The van der Waals surface area contributed by atoms with Crippen molar-refractivity contribution >= 4 is 23.2 Å². The number of amides is 2. The number of amidine groups is 1. The van der Waals surface area contributed by atoms with E-state index in [9.17, 15) is 4.79 Å². The Morgan fingerprint density at radius 2 is 2.54 bits per heavy atom. The highest BCUT2D eigenvalue weighted by Crippen LogP contribution is 2.22. The van der Waals surface area contributed by atoms with E-state index in [1.165, 1.54) is 0 Å². The van der Waals surface area contributed by atoms with Crippen molar-refractivity contribution in [3.63, 3.8) is 0 Å². The normalized spacial score (nSPS) is 22.3. The largest absolute Gasteiger partial charge is 0.386 e. The van der Waals surface area contributed by atoms with Gasteiger partial charge in [-0.3, -0.25) is 0 Å². The van der Waals surface area contributed by atoms with Gasteiger partial charge in [-0.05, 0) is 11.4 Å². The van der Waals surface area contributed by atoms with Crippen LogP contribution in [0.3, 0.4) is 0 Å². The molecule has 0 aliphatic carbocycles. The molecule has 13 heavy (non-hydrogen) atoms. The number of nitrogens with one attached hydrogen (secondary N) is 1. The quantitative estimate of drug-likeness (QED) is 0.699. The number of hydrogen-bond donors (Lipinski definition) is 2. The summed E-state index contributed by atoms with van der Waals surface area (Å²) in [5.74, 6) is 0.462. The Hall–Kier alpha value is -1.36. The predicted octanol–water partition coefficient (Wildman–Crippen LogP) is 0.912. The second-order valence-corrected chi connectivity index (χ2v) is 3.77. The fourth-order valence-corrected chi connectivity index (χ4v) is 2.10. The lowest BCUT2D eigenvalue weighted by atomic mass is 10.1. The van der Waals surface area contributed by atoms with Gasteiger partial charge in [0.25, 0.3) is 0 Å². The van der Waals surface area contributed by atoms with E-state index in [-0.39, 0.29) is 11.9 Å². The molecule has 0 spiro atoms. The van der Waals surface area contributed by atoms with Crippen LogP contribution >= 0.6 is 11.3 Å². The number of thiophene rings is 1. The monoisotopic (exact) mass is 195 g/mol. The molecule has 1 atom stereocenters. The van der Waals surface area contributed by atoms with Gasteiger partial charge in [-0.1, -0.05) is 6.07 Å². The summed E-state index contributed by atoms with van der Waals surface area (Å²) in [7, 11) is 0. The molecule has 3 N–H and O–H groups in total. The number of carbonyl (C=O) groups is 1. The molecule has 2 amide bonds. The summed E-state index contributed by atoms with van der Waals surface area (Å²) >= 11 is 1.62. The lowest BCUT2D eigenvalue weighted by Gasteiger charge is -2.18. The van der Waals surface area contributed by atoms with E-state index in [4.69, 9.17) is 5.73 Å². The molecule has 0 bridgehead atoms. The summed E-state index contributed by atoms with van der Waals surface area (Å²) < 4.78 is 0. The Morgan fingerprint density at radius 1 is 1.69 bits per heavy atom. The molecule has 1 aliphatic rings. The van der Waals surface area contributed by atoms with E-state index in [1.54, 1.807) is 11.3 Å². The van der Waals surface area contributed by atoms with Crippen LogP contribution in [0.2, 0.25) is 0 Å². The third kappa shape index (κ3) is 1.55. The molecule has 2 rings (SSSR count). The van der Waals surface area contributed by atoms with Crippen LogP contribution in [0.25, 0.3) is 0 Å². The molecule has 0 saturated heterocycles. The lowest BCUT2D eigenvalue weighted by molar-refractivity contribution is 0.248. The zero-order valence-electron chi connectivity index (χ0n) is 6.86. The Labute approximate surface area is 79.5 Å². The van der Waals surface area contributed by atoms with Crippen molar-refractivity contribution in [3.05, 3.63) is 22.4 Å². The minimum absolute atomic E-state index is 0.0534. The standard InChI is InChI=1S/C8H9N3OS/c9-7-5(4-10-8(12)11-7)6-2-1-3-13-6/h1-3,5H,4H2,(H3,9,10,11,12). The van der Waals surface area contributed by atoms with Crippen LogP contribution in [0.5, 0.6) is 0 Å². The molecule has 1 aromatic rings. The number of hydrogen-bond acceptors (Lipinski definition) is 3. The van der Waals surface area contributed by atoms with Gasteiger partial charge in [-0.25, -0.2) is 4.79 Å². The SMILES string of the molecule is NC1=NC(=O)NCC1c1cccs1. The number of urea groups is 1. The number of rotatable bonds is 1. The summed E-state index contributed by atoms with van der Waals surface area (Å²) in [5.41, 5.74) is 5.66. The minimum atomic E-state index is -0.342. The van der Waals surface area contributed by atoms with Gasteiger partial charge in [-0.2, -0.15) is 4.99 Å². The fraction of sp³-hybridized carbons (Fsp3) is 0.250. The third-order valence-corrected chi connectivity index (χ3v) is 2.92. The van der Waals surface area contributed by atoms with Crippen molar-refractivity contribution in [2.75, 3.05) is 6.54 Å². The Bertz CT molecular complexity index is 344. The molecule has 1 unspecified atom stereocenters. The topological polar surface area (TPSA) is 67.5 Å². The molecule has 4 nitrogen and oxygen atoms in total. The van der Waals surface area contributed by atoms with Crippen LogP contribution in [0, 0.1) is 0 Å². The predicted molar refractivity (Wildman–Crippen MR) is 52.1 cm³/mol. The number of aliphatic imine (C=N–C) groups is 1. The average molecular weight is 195 g/mol. The summed E-state index contributed by atoms with van der Waals surface area (Å²) in [6, 6.07) is 3.61. The Balaban J connectivity index is 2.27. The molecule has 5 heteroatoms. The minimum Gasteiger partial charge on any atom is -0.386 e. The van der Waals surface area contributed by atoms with Crippen LogP contribution < -0.4 is 11.1 Å². The smallest absolute Gasteiger partial charge is 0.342 e. The van der Waals surface area contributed by atoms with Crippen molar-refractivity contribution < 1.29 is 4.79 Å². The second kappa shape index (κ2) is 3.18. The first kappa shape index (κ1) is 8.25. The molecule has 68 valence electrons. The van der Waals surface area contributed by atoms with Gasteiger partial charge < -0.3 is 11.1 Å². The Kier molecular flexibility index (Phi) is 2.02. The van der Waals surface area contributed by atoms with Crippen LogP contribution in [-0.4, -0.2) is 18.4 Å². The molecule has 2 heterocycles. The van der Waals surface area contributed by atoms with Gasteiger partial charge in [-0.15, -0.1) is 11.3 Å². The van der Waals surface area contributed by atoms with E-state index in [2.05, 4.69) is 10.3 Å². The van der Waals surface area contributed by atoms with Crippen molar-refractivity contribution in [1.82, 2.24) is 5.32 Å². The molecule has 1 aliphatic heterocycles. The lowest BCUT2D eigenvalue weighted by Crippen LogP contribution is -2.39. The average Bonchev–Trinajstić information content (AvgIpc) is 2.56. The van der Waals surface area contributed by atoms with Crippen molar-refractivity contribution in [2.45, 2.75) is 5.92 Å². The van der Waals surface area contributed by atoms with Crippen LogP contribution in [0.15, 0.2) is 22.5 Å². The zero-order chi connectivity index (χ0) is 9.26. The number of nitrogens with zero attached hydrogens (tertiary/aromatic N) is 1. The van der Waals surface area contributed by atoms with Gasteiger partial charge in [0.15, 0.2) is 0 Å². The van der Waals surface area contributed by atoms with Crippen molar-refractivity contribution in [2.24, 2.45) is 10.7 Å². The van der Waals surface area contributed by atoms with Crippen LogP contribution in [0.1, 0.15) is 10.8 Å². The third-order valence-electron chi connectivity index (χ3n) is 1.93. The molecule has 1 aromatic heterocycles.